The summed E-state index contributed by atoms with van der Waals surface area (Å²) in [6, 6.07) is 14.3. The summed E-state index contributed by atoms with van der Waals surface area (Å²) in [6.45, 7) is 2.10. The largest absolute Gasteiger partial charge is 0.347 e. The fraction of sp³-hybridized carbons (Fsp3) is 0.167. The molecule has 3 rings (SSSR count). The van der Waals surface area contributed by atoms with E-state index >= 15 is 0 Å². The van der Waals surface area contributed by atoms with Crippen LogP contribution in [0, 0.1) is 12.7 Å². The summed E-state index contributed by atoms with van der Waals surface area (Å²) in [5.74, 6) is -0.504. The van der Waals surface area contributed by atoms with Crippen molar-refractivity contribution in [2.24, 2.45) is 7.05 Å². The first-order valence-corrected chi connectivity index (χ1v) is 7.15. The Morgan fingerprint density at radius 3 is 2.55 bits per heavy atom. The first-order valence-electron chi connectivity index (χ1n) is 7.15. The van der Waals surface area contributed by atoms with Crippen LogP contribution in [0.3, 0.4) is 0 Å². The van der Waals surface area contributed by atoms with Gasteiger partial charge in [-0.05, 0) is 24.6 Å². The highest BCUT2D eigenvalue weighted by Gasteiger charge is 2.17. The van der Waals surface area contributed by atoms with Crippen molar-refractivity contribution in [2.45, 2.75) is 13.5 Å². The van der Waals surface area contributed by atoms with E-state index in [9.17, 15) is 9.18 Å². The highest BCUT2D eigenvalue weighted by molar-refractivity contribution is 6.01. The van der Waals surface area contributed by atoms with Crippen LogP contribution in [-0.4, -0.2) is 10.5 Å². The number of carbonyl (C=O) groups is 1. The molecule has 4 heteroatoms. The third-order valence-electron chi connectivity index (χ3n) is 3.97. The first-order chi connectivity index (χ1) is 10.6. The molecule has 0 saturated heterocycles. The van der Waals surface area contributed by atoms with Gasteiger partial charge in [0, 0.05) is 30.1 Å². The Morgan fingerprint density at radius 1 is 1.14 bits per heavy atom. The van der Waals surface area contributed by atoms with E-state index in [-0.39, 0.29) is 18.3 Å². The zero-order valence-corrected chi connectivity index (χ0v) is 12.6. The number of aromatic nitrogens is 1. The molecule has 0 unspecified atom stereocenters. The first kappa shape index (κ1) is 14.3. The van der Waals surface area contributed by atoms with Crippen molar-refractivity contribution in [1.29, 1.82) is 0 Å². The van der Waals surface area contributed by atoms with E-state index in [1.54, 1.807) is 18.2 Å². The molecular weight excluding hydrogens is 279 g/mol. The standard InChI is InChI=1S/C18H17FN2O/c1-12-14-8-4-6-10-16(14)21(2)17(12)18(22)20-11-13-7-3-5-9-15(13)19/h3-10H,11H2,1-2H3,(H,20,22). The summed E-state index contributed by atoms with van der Waals surface area (Å²) in [5.41, 5.74) is 3.03. The fourth-order valence-electron chi connectivity index (χ4n) is 2.81. The molecule has 0 saturated carbocycles. The van der Waals surface area contributed by atoms with Crippen LogP contribution >= 0.6 is 0 Å². The van der Waals surface area contributed by atoms with Crippen molar-refractivity contribution >= 4 is 16.8 Å². The Bertz CT molecular complexity index is 812. The highest BCUT2D eigenvalue weighted by atomic mass is 19.1. The lowest BCUT2D eigenvalue weighted by Gasteiger charge is -2.08. The number of amides is 1. The number of hydrogen-bond donors (Lipinski definition) is 1. The van der Waals surface area contributed by atoms with Gasteiger partial charge in [0.15, 0.2) is 0 Å². The molecule has 0 atom stereocenters. The molecule has 1 N–H and O–H groups in total. The molecule has 0 bridgehead atoms. The number of fused-ring (bicyclic) bond motifs is 1. The van der Waals surface area contributed by atoms with Crippen LogP contribution in [0.4, 0.5) is 4.39 Å². The van der Waals surface area contributed by atoms with Crippen molar-refractivity contribution in [2.75, 3.05) is 0 Å². The summed E-state index contributed by atoms with van der Waals surface area (Å²) in [4.78, 5) is 12.5. The average Bonchev–Trinajstić information content (AvgIpc) is 2.78. The van der Waals surface area contributed by atoms with Crippen LogP contribution in [0.5, 0.6) is 0 Å². The number of rotatable bonds is 3. The maximum absolute atomic E-state index is 13.6. The number of nitrogens with zero attached hydrogens (tertiary/aromatic N) is 1. The summed E-state index contributed by atoms with van der Waals surface area (Å²) in [7, 11) is 1.87. The minimum Gasteiger partial charge on any atom is -0.347 e. The third-order valence-corrected chi connectivity index (χ3v) is 3.97. The van der Waals surface area contributed by atoms with E-state index in [0.29, 0.717) is 11.3 Å². The van der Waals surface area contributed by atoms with E-state index in [1.807, 2.05) is 42.8 Å². The van der Waals surface area contributed by atoms with E-state index in [2.05, 4.69) is 5.32 Å². The lowest BCUT2D eigenvalue weighted by atomic mass is 10.1. The molecule has 1 heterocycles. The zero-order valence-electron chi connectivity index (χ0n) is 12.6. The van der Waals surface area contributed by atoms with Gasteiger partial charge in [-0.1, -0.05) is 36.4 Å². The number of aryl methyl sites for hydroxylation is 2. The van der Waals surface area contributed by atoms with Gasteiger partial charge in [0.1, 0.15) is 11.5 Å². The molecule has 3 nitrogen and oxygen atoms in total. The number of hydrogen-bond acceptors (Lipinski definition) is 1. The van der Waals surface area contributed by atoms with Gasteiger partial charge in [-0.2, -0.15) is 0 Å². The summed E-state index contributed by atoms with van der Waals surface area (Å²) in [5, 5.41) is 3.86. The zero-order chi connectivity index (χ0) is 15.7. The van der Waals surface area contributed by atoms with Crippen molar-refractivity contribution < 1.29 is 9.18 Å². The minimum absolute atomic E-state index is 0.173. The lowest BCUT2D eigenvalue weighted by Crippen LogP contribution is -2.26. The predicted octanol–water partition coefficient (Wildman–Crippen LogP) is 3.56. The quantitative estimate of drug-likeness (QED) is 0.788. The molecule has 112 valence electrons. The van der Waals surface area contributed by atoms with Gasteiger partial charge < -0.3 is 9.88 Å². The molecular formula is C18H17FN2O. The molecule has 0 aliphatic carbocycles. The van der Waals surface area contributed by atoms with Gasteiger partial charge in [-0.15, -0.1) is 0 Å². The molecule has 0 aliphatic heterocycles. The summed E-state index contributed by atoms with van der Waals surface area (Å²) < 4.78 is 15.5. The molecule has 0 aliphatic rings. The smallest absolute Gasteiger partial charge is 0.268 e. The van der Waals surface area contributed by atoms with Gasteiger partial charge in [-0.25, -0.2) is 4.39 Å². The second kappa shape index (κ2) is 5.64. The SMILES string of the molecule is Cc1c(C(=O)NCc2ccccc2F)n(C)c2ccccc12. The molecule has 2 aromatic carbocycles. The van der Waals surface area contributed by atoms with Gasteiger partial charge in [0.2, 0.25) is 0 Å². The second-order valence-corrected chi connectivity index (χ2v) is 5.32. The lowest BCUT2D eigenvalue weighted by molar-refractivity contribution is 0.0942. The maximum atomic E-state index is 13.6. The Hall–Kier alpha value is -2.62. The molecule has 1 aromatic heterocycles. The molecule has 1 amide bonds. The maximum Gasteiger partial charge on any atom is 0.268 e. The van der Waals surface area contributed by atoms with E-state index in [1.165, 1.54) is 6.07 Å². The van der Waals surface area contributed by atoms with Crippen LogP contribution in [0.15, 0.2) is 48.5 Å². The number of nitrogens with one attached hydrogen (secondary N) is 1. The van der Waals surface area contributed by atoms with Crippen LogP contribution in [0.25, 0.3) is 10.9 Å². The van der Waals surface area contributed by atoms with Gasteiger partial charge in [0.05, 0.1) is 0 Å². The average molecular weight is 296 g/mol. The Morgan fingerprint density at radius 2 is 1.82 bits per heavy atom. The molecule has 0 spiro atoms. The monoisotopic (exact) mass is 296 g/mol. The summed E-state index contributed by atoms with van der Waals surface area (Å²) >= 11 is 0. The second-order valence-electron chi connectivity index (χ2n) is 5.32. The normalized spacial score (nSPS) is 10.9. The fourth-order valence-corrected chi connectivity index (χ4v) is 2.81. The van der Waals surface area contributed by atoms with Crippen molar-refractivity contribution in [3.8, 4) is 0 Å². The molecule has 0 fully saturated rings. The topological polar surface area (TPSA) is 34.0 Å². The summed E-state index contributed by atoms with van der Waals surface area (Å²) in [6.07, 6.45) is 0. The van der Waals surface area contributed by atoms with E-state index < -0.39 is 0 Å². The predicted molar refractivity (Wildman–Crippen MR) is 85.2 cm³/mol. The number of benzene rings is 2. The molecule has 3 aromatic rings. The van der Waals surface area contributed by atoms with Crippen LogP contribution in [0.2, 0.25) is 0 Å². The number of halogens is 1. The van der Waals surface area contributed by atoms with Crippen molar-refractivity contribution in [3.63, 3.8) is 0 Å². The Balaban J connectivity index is 1.88. The van der Waals surface area contributed by atoms with Gasteiger partial charge in [-0.3, -0.25) is 4.79 Å². The van der Waals surface area contributed by atoms with Gasteiger partial charge >= 0.3 is 0 Å². The number of carbonyl (C=O) groups excluding carboxylic acids is 1. The Labute approximate surface area is 128 Å². The minimum atomic E-state index is -0.309. The van der Waals surface area contributed by atoms with Crippen LogP contribution in [-0.2, 0) is 13.6 Å². The van der Waals surface area contributed by atoms with E-state index in [4.69, 9.17) is 0 Å². The Kier molecular flexibility index (Phi) is 3.67. The van der Waals surface area contributed by atoms with Gasteiger partial charge in [0.25, 0.3) is 5.91 Å². The number of para-hydroxylation sites is 1. The van der Waals surface area contributed by atoms with Crippen molar-refractivity contribution in [3.05, 3.63) is 71.2 Å². The van der Waals surface area contributed by atoms with Crippen LogP contribution in [0.1, 0.15) is 21.6 Å². The van der Waals surface area contributed by atoms with Crippen molar-refractivity contribution in [1.82, 2.24) is 9.88 Å². The third kappa shape index (κ3) is 2.37. The van der Waals surface area contributed by atoms with E-state index in [0.717, 1.165) is 16.5 Å². The highest BCUT2D eigenvalue weighted by Crippen LogP contribution is 2.24. The molecule has 0 radical (unpaired) electrons. The van der Waals surface area contributed by atoms with Crippen LogP contribution < -0.4 is 5.32 Å². The molecule has 22 heavy (non-hydrogen) atoms.